The molecule has 0 amide bonds. The van der Waals surface area contributed by atoms with Gasteiger partial charge in [0.1, 0.15) is 0 Å². The summed E-state index contributed by atoms with van der Waals surface area (Å²) in [4.78, 5) is 9.85. The third-order valence-corrected chi connectivity index (χ3v) is 9.63. The van der Waals surface area contributed by atoms with E-state index in [2.05, 4.69) is 6.67 Å². The van der Waals surface area contributed by atoms with Crippen molar-refractivity contribution in [3.8, 4) is 0 Å². The summed E-state index contributed by atoms with van der Waals surface area (Å²) in [6.07, 6.45) is 17.6. The highest BCUT2D eigenvalue weighted by Crippen LogP contribution is 2.65. The van der Waals surface area contributed by atoms with Gasteiger partial charge in [-0.3, -0.25) is 0 Å². The van der Waals surface area contributed by atoms with E-state index in [-0.39, 0.29) is 0 Å². The fourth-order valence-corrected chi connectivity index (χ4v) is 9.77. The Morgan fingerprint density at radius 1 is 0.520 bits per heavy atom. The molecule has 2 nitrogen and oxygen atoms in total. The van der Waals surface area contributed by atoms with E-state index in [1.165, 1.54) is 88.5 Å². The van der Waals surface area contributed by atoms with E-state index in [0.717, 1.165) is 35.5 Å². The fourth-order valence-electron chi connectivity index (χ4n) is 9.77. The lowest BCUT2D eigenvalue weighted by Gasteiger charge is -2.60. The molecule has 1 aliphatic heterocycles. The van der Waals surface area contributed by atoms with Crippen LogP contribution in [0, 0.1) is 53.0 Å². The molecule has 0 aromatic rings. The largest absolute Gasteiger partial charge is 0.250 e. The molecular formula is C23H30N2. The molecule has 0 saturated heterocycles. The van der Waals surface area contributed by atoms with E-state index in [0.29, 0.717) is 10.8 Å². The van der Waals surface area contributed by atoms with Crippen molar-refractivity contribution in [3.05, 3.63) is 6.67 Å². The van der Waals surface area contributed by atoms with Crippen molar-refractivity contribution in [3.63, 3.8) is 0 Å². The zero-order valence-electron chi connectivity index (χ0n) is 15.3. The number of hydrogen-bond donors (Lipinski definition) is 0. The summed E-state index contributed by atoms with van der Waals surface area (Å²) in [5, 5.41) is 0. The van der Waals surface area contributed by atoms with Gasteiger partial charge in [0, 0.05) is 10.8 Å². The maximum Gasteiger partial charge on any atom is 0.250 e. The molecule has 0 unspecified atom stereocenters. The topological polar surface area (TPSA) is 24.7 Å². The van der Waals surface area contributed by atoms with Crippen LogP contribution in [0.4, 0.5) is 0 Å². The highest BCUT2D eigenvalue weighted by Gasteiger charge is 2.60. The first-order valence-corrected chi connectivity index (χ1v) is 11.1. The summed E-state index contributed by atoms with van der Waals surface area (Å²) < 4.78 is 0. The second-order valence-corrected chi connectivity index (χ2v) is 11.4. The zero-order valence-corrected chi connectivity index (χ0v) is 15.3. The molecule has 9 aliphatic rings. The van der Waals surface area contributed by atoms with Crippen LogP contribution in [-0.4, -0.2) is 11.4 Å². The lowest BCUT2D eigenvalue weighted by atomic mass is 9.44. The van der Waals surface area contributed by atoms with Crippen LogP contribution < -0.4 is 0 Å². The minimum absolute atomic E-state index is 0.403. The third kappa shape index (κ3) is 1.87. The van der Waals surface area contributed by atoms with E-state index in [9.17, 15) is 0 Å². The van der Waals surface area contributed by atoms with Gasteiger partial charge in [0.2, 0.25) is 6.67 Å². The molecule has 8 aliphatic carbocycles. The van der Waals surface area contributed by atoms with Gasteiger partial charge in [-0.25, -0.2) is 9.98 Å². The van der Waals surface area contributed by atoms with E-state index >= 15 is 0 Å². The SMILES string of the molecule is [C]1N=C(C23CC4CC(CC(C4)C2)C3)C(C23CC4CC(CC(C4)C2)C3)=N1. The Bertz CT molecular complexity index is 556. The van der Waals surface area contributed by atoms with Crippen molar-refractivity contribution in [2.75, 3.05) is 0 Å². The van der Waals surface area contributed by atoms with Gasteiger partial charge in [0.05, 0.1) is 11.4 Å². The van der Waals surface area contributed by atoms with Gasteiger partial charge in [0.25, 0.3) is 0 Å². The van der Waals surface area contributed by atoms with Crippen molar-refractivity contribution in [1.29, 1.82) is 0 Å². The average Bonchev–Trinajstić information content (AvgIpc) is 3.03. The van der Waals surface area contributed by atoms with Crippen LogP contribution in [0.1, 0.15) is 77.0 Å². The van der Waals surface area contributed by atoms with Crippen molar-refractivity contribution in [1.82, 2.24) is 0 Å². The van der Waals surface area contributed by atoms with Crippen molar-refractivity contribution in [2.45, 2.75) is 77.0 Å². The second kappa shape index (κ2) is 4.60. The molecule has 0 aromatic heterocycles. The molecule has 8 bridgehead atoms. The van der Waals surface area contributed by atoms with E-state index in [1.807, 2.05) is 0 Å². The standard InChI is InChI=1S/C23H30N2/c1-14-2-16-3-15(1)8-22(7-14,9-16)20-21(25-13-24-20)23-10-17-4-18(11-23)6-19(5-17)12-23/h14-19H,1-12H2. The molecule has 0 N–H and O–H groups in total. The van der Waals surface area contributed by atoms with Crippen LogP contribution in [0.2, 0.25) is 0 Å². The maximum absolute atomic E-state index is 4.93. The highest BCUT2D eigenvalue weighted by molar-refractivity contribution is 6.47. The monoisotopic (exact) mass is 334 g/mol. The Morgan fingerprint density at radius 3 is 1.08 bits per heavy atom. The average molecular weight is 335 g/mol. The van der Waals surface area contributed by atoms with Crippen molar-refractivity contribution < 1.29 is 0 Å². The first kappa shape index (κ1) is 14.4. The number of nitrogens with zero attached hydrogens (tertiary/aromatic N) is 2. The van der Waals surface area contributed by atoms with Gasteiger partial charge in [-0.05, 0) is 113 Å². The van der Waals surface area contributed by atoms with Gasteiger partial charge in [0.15, 0.2) is 0 Å². The Hall–Kier alpha value is -0.660. The van der Waals surface area contributed by atoms with Crippen LogP contribution in [0.25, 0.3) is 0 Å². The number of aliphatic imine (C=N–C) groups is 2. The molecule has 0 atom stereocenters. The van der Waals surface area contributed by atoms with E-state index < -0.39 is 0 Å². The minimum atomic E-state index is 0.403. The summed E-state index contributed by atoms with van der Waals surface area (Å²) in [5.41, 5.74) is 3.74. The molecule has 1 heterocycles. The first-order chi connectivity index (χ1) is 12.2. The first-order valence-electron chi connectivity index (χ1n) is 11.1. The van der Waals surface area contributed by atoms with Gasteiger partial charge < -0.3 is 0 Å². The van der Waals surface area contributed by atoms with Gasteiger partial charge in [-0.2, -0.15) is 0 Å². The minimum Gasteiger partial charge on any atom is -0.248 e. The third-order valence-electron chi connectivity index (χ3n) is 9.63. The zero-order chi connectivity index (χ0) is 16.2. The van der Waals surface area contributed by atoms with Crippen LogP contribution in [0.5, 0.6) is 0 Å². The summed E-state index contributed by atoms with van der Waals surface area (Å²) >= 11 is 0. The summed E-state index contributed by atoms with van der Waals surface area (Å²) in [6.45, 7) is 3.15. The smallest absolute Gasteiger partial charge is 0.248 e. The molecule has 8 saturated carbocycles. The molecule has 2 radical (unpaired) electrons. The van der Waals surface area contributed by atoms with Crippen LogP contribution >= 0.6 is 0 Å². The Morgan fingerprint density at radius 2 is 0.800 bits per heavy atom. The number of rotatable bonds is 2. The Kier molecular flexibility index (Phi) is 2.65. The molecule has 9 rings (SSSR count). The maximum atomic E-state index is 4.93. The van der Waals surface area contributed by atoms with Crippen molar-refractivity contribution >= 4 is 11.4 Å². The normalized spacial score (nSPS) is 57.9. The Balaban J connectivity index is 1.28. The van der Waals surface area contributed by atoms with Gasteiger partial charge in [-0.1, -0.05) is 0 Å². The lowest BCUT2D eigenvalue weighted by molar-refractivity contribution is -0.0181. The predicted octanol–water partition coefficient (Wildman–Crippen LogP) is 5.31. The summed E-state index contributed by atoms with van der Waals surface area (Å²) in [7, 11) is 0. The molecule has 2 heteroatoms. The number of hydrogen-bond acceptors (Lipinski definition) is 2. The molecule has 0 aromatic carbocycles. The lowest BCUT2D eigenvalue weighted by Crippen LogP contribution is -2.57. The van der Waals surface area contributed by atoms with Crippen LogP contribution in [0.15, 0.2) is 9.98 Å². The molecule has 132 valence electrons. The Labute approximate surface area is 152 Å². The fraction of sp³-hybridized carbons (Fsp3) is 0.870. The summed E-state index contributed by atoms with van der Waals surface area (Å²) in [5.74, 6) is 5.96. The molecular weight excluding hydrogens is 304 g/mol. The van der Waals surface area contributed by atoms with E-state index in [4.69, 9.17) is 9.98 Å². The van der Waals surface area contributed by atoms with Gasteiger partial charge in [-0.15, -0.1) is 0 Å². The molecule has 8 fully saturated rings. The predicted molar refractivity (Wildman–Crippen MR) is 99.3 cm³/mol. The van der Waals surface area contributed by atoms with Crippen LogP contribution in [-0.2, 0) is 0 Å². The van der Waals surface area contributed by atoms with Crippen LogP contribution in [0.3, 0.4) is 0 Å². The van der Waals surface area contributed by atoms with Crippen molar-refractivity contribution in [2.24, 2.45) is 56.3 Å². The van der Waals surface area contributed by atoms with Gasteiger partial charge >= 0.3 is 0 Å². The molecule has 0 spiro atoms. The molecule has 25 heavy (non-hydrogen) atoms. The quantitative estimate of drug-likeness (QED) is 0.654. The van der Waals surface area contributed by atoms with E-state index in [1.54, 1.807) is 0 Å². The second-order valence-electron chi connectivity index (χ2n) is 11.4. The highest BCUT2D eigenvalue weighted by atomic mass is 15.0. The summed E-state index contributed by atoms with van der Waals surface area (Å²) in [6, 6.07) is 0.